The number of nitrogens with one attached hydrogen (secondary N) is 3. The number of amides is 3. The van der Waals surface area contributed by atoms with Gasteiger partial charge in [0.2, 0.25) is 5.91 Å². The van der Waals surface area contributed by atoms with Crippen LogP contribution in [0.15, 0.2) is 53.6 Å². The second kappa shape index (κ2) is 11.4. The third-order valence-corrected chi connectivity index (χ3v) is 4.04. The lowest BCUT2D eigenvalue weighted by molar-refractivity contribution is -0.136. The van der Waals surface area contributed by atoms with Gasteiger partial charge in [0.1, 0.15) is 5.75 Å². The van der Waals surface area contributed by atoms with Gasteiger partial charge < -0.3 is 15.4 Å². The quantitative estimate of drug-likeness (QED) is 0.353. The van der Waals surface area contributed by atoms with Gasteiger partial charge in [-0.1, -0.05) is 19.1 Å². The maximum atomic E-state index is 12.1. The van der Waals surface area contributed by atoms with E-state index < -0.39 is 11.8 Å². The zero-order chi connectivity index (χ0) is 21.9. The summed E-state index contributed by atoms with van der Waals surface area (Å²) >= 11 is 0. The van der Waals surface area contributed by atoms with E-state index in [1.165, 1.54) is 0 Å². The van der Waals surface area contributed by atoms with Crippen LogP contribution in [0.5, 0.6) is 5.75 Å². The first-order chi connectivity index (χ1) is 14.4. The lowest BCUT2D eigenvalue weighted by Gasteiger charge is -2.07. The molecule has 0 spiro atoms. The summed E-state index contributed by atoms with van der Waals surface area (Å²) in [6, 6.07) is 14.2. The monoisotopic (exact) mass is 410 g/mol. The van der Waals surface area contributed by atoms with E-state index in [0.29, 0.717) is 23.7 Å². The van der Waals surface area contributed by atoms with E-state index >= 15 is 0 Å². The zero-order valence-corrected chi connectivity index (χ0v) is 17.3. The second-order valence-corrected chi connectivity index (χ2v) is 6.47. The highest BCUT2D eigenvalue weighted by atomic mass is 16.5. The largest absolute Gasteiger partial charge is 0.494 e. The predicted molar refractivity (Wildman–Crippen MR) is 117 cm³/mol. The lowest BCUT2D eigenvalue weighted by Crippen LogP contribution is -2.33. The van der Waals surface area contributed by atoms with Gasteiger partial charge in [0.15, 0.2) is 0 Å². The molecule has 30 heavy (non-hydrogen) atoms. The molecule has 0 fully saturated rings. The molecule has 0 unspecified atom stereocenters. The topological polar surface area (TPSA) is 109 Å². The number of carbonyl (C=O) groups is 3. The fourth-order valence-corrected chi connectivity index (χ4v) is 2.49. The molecular formula is C22H26N4O4. The SMILES string of the molecule is CCOc1ccc(NC(=O)CC(C)=NNC(=O)C(=O)Nc2ccc(CC)cc2)cc1. The maximum Gasteiger partial charge on any atom is 0.329 e. The van der Waals surface area contributed by atoms with Crippen molar-refractivity contribution >= 4 is 34.8 Å². The summed E-state index contributed by atoms with van der Waals surface area (Å²) in [5.74, 6) is -1.33. The number of ether oxygens (including phenoxy) is 1. The van der Waals surface area contributed by atoms with Crippen LogP contribution >= 0.6 is 0 Å². The van der Waals surface area contributed by atoms with Gasteiger partial charge in [0, 0.05) is 17.1 Å². The number of benzene rings is 2. The van der Waals surface area contributed by atoms with Crippen LogP contribution in [0, 0.1) is 0 Å². The number of nitrogens with zero attached hydrogens (tertiary/aromatic N) is 1. The van der Waals surface area contributed by atoms with Crippen molar-refractivity contribution in [2.24, 2.45) is 5.10 Å². The molecule has 0 saturated carbocycles. The van der Waals surface area contributed by atoms with Crippen molar-refractivity contribution in [1.82, 2.24) is 5.43 Å². The number of hydrogen-bond donors (Lipinski definition) is 3. The van der Waals surface area contributed by atoms with Crippen molar-refractivity contribution in [2.75, 3.05) is 17.2 Å². The molecule has 0 aliphatic rings. The Labute approximate surface area is 175 Å². The Morgan fingerprint density at radius 2 is 1.47 bits per heavy atom. The molecule has 2 aromatic carbocycles. The van der Waals surface area contributed by atoms with E-state index in [4.69, 9.17) is 4.74 Å². The molecule has 0 bridgehead atoms. The predicted octanol–water partition coefficient (Wildman–Crippen LogP) is 3.11. The summed E-state index contributed by atoms with van der Waals surface area (Å²) in [6.45, 7) is 6.07. The van der Waals surface area contributed by atoms with Gasteiger partial charge in [-0.25, -0.2) is 5.43 Å². The fourth-order valence-electron chi connectivity index (χ4n) is 2.49. The van der Waals surface area contributed by atoms with Gasteiger partial charge >= 0.3 is 11.8 Å². The van der Waals surface area contributed by atoms with Crippen LogP contribution < -0.4 is 20.8 Å². The molecule has 158 valence electrons. The van der Waals surface area contributed by atoms with Crippen LogP contribution in [0.1, 0.15) is 32.8 Å². The Hall–Kier alpha value is -3.68. The summed E-state index contributed by atoms with van der Waals surface area (Å²) in [4.78, 5) is 35.9. The minimum absolute atomic E-state index is 0.0341. The minimum atomic E-state index is -0.916. The lowest BCUT2D eigenvalue weighted by atomic mass is 10.1. The Balaban J connectivity index is 1.80. The average molecular weight is 410 g/mol. The highest BCUT2D eigenvalue weighted by molar-refractivity contribution is 6.39. The van der Waals surface area contributed by atoms with Gasteiger partial charge in [-0.3, -0.25) is 14.4 Å². The van der Waals surface area contributed by atoms with E-state index in [-0.39, 0.29) is 12.3 Å². The number of carbonyl (C=O) groups excluding carboxylic acids is 3. The van der Waals surface area contributed by atoms with Gasteiger partial charge in [-0.05, 0) is 62.2 Å². The van der Waals surface area contributed by atoms with Crippen molar-refractivity contribution in [1.29, 1.82) is 0 Å². The first-order valence-corrected chi connectivity index (χ1v) is 9.67. The molecule has 8 heteroatoms. The summed E-state index contributed by atoms with van der Waals surface area (Å²) in [5.41, 5.74) is 4.77. The molecule has 0 aliphatic heterocycles. The molecule has 8 nitrogen and oxygen atoms in total. The molecule has 0 saturated heterocycles. The van der Waals surface area contributed by atoms with E-state index in [0.717, 1.165) is 17.7 Å². The van der Waals surface area contributed by atoms with Crippen LogP contribution in [0.25, 0.3) is 0 Å². The highest BCUT2D eigenvalue weighted by Crippen LogP contribution is 2.15. The van der Waals surface area contributed by atoms with Crippen molar-refractivity contribution in [3.05, 3.63) is 54.1 Å². The zero-order valence-electron chi connectivity index (χ0n) is 17.3. The molecule has 2 rings (SSSR count). The highest BCUT2D eigenvalue weighted by Gasteiger charge is 2.13. The second-order valence-electron chi connectivity index (χ2n) is 6.47. The number of hydrazone groups is 1. The van der Waals surface area contributed by atoms with Crippen LogP contribution in [0.2, 0.25) is 0 Å². The Kier molecular flexibility index (Phi) is 8.56. The minimum Gasteiger partial charge on any atom is -0.494 e. The summed E-state index contributed by atoms with van der Waals surface area (Å²) in [7, 11) is 0. The number of aryl methyl sites for hydroxylation is 1. The molecule has 0 heterocycles. The van der Waals surface area contributed by atoms with Gasteiger partial charge in [-0.2, -0.15) is 5.10 Å². The summed E-state index contributed by atoms with van der Waals surface area (Å²) < 4.78 is 5.35. The number of anilines is 2. The van der Waals surface area contributed by atoms with Crippen molar-refractivity contribution in [2.45, 2.75) is 33.6 Å². The van der Waals surface area contributed by atoms with Crippen LogP contribution in [-0.4, -0.2) is 30.0 Å². The van der Waals surface area contributed by atoms with Gasteiger partial charge in [0.25, 0.3) is 0 Å². The fraction of sp³-hybridized carbons (Fsp3) is 0.273. The summed E-state index contributed by atoms with van der Waals surface area (Å²) in [5, 5.41) is 9.03. The summed E-state index contributed by atoms with van der Waals surface area (Å²) in [6.07, 6.45) is 0.850. The van der Waals surface area contributed by atoms with E-state index in [1.807, 2.05) is 26.0 Å². The standard InChI is InChI=1S/C22H26N4O4/c1-4-16-6-8-18(9-7-16)24-21(28)22(29)26-25-15(3)14-20(27)23-17-10-12-19(13-11-17)30-5-2/h6-13H,4-5,14H2,1-3H3,(H,23,27)(H,24,28)(H,26,29). The van der Waals surface area contributed by atoms with Crippen LogP contribution in [0.4, 0.5) is 11.4 Å². The average Bonchev–Trinajstić information content (AvgIpc) is 2.74. The molecule has 3 N–H and O–H groups in total. The molecule has 0 aliphatic carbocycles. The number of rotatable bonds is 8. The van der Waals surface area contributed by atoms with Crippen molar-refractivity contribution in [3.8, 4) is 5.75 Å². The smallest absolute Gasteiger partial charge is 0.329 e. The normalized spacial score (nSPS) is 10.8. The first kappa shape index (κ1) is 22.6. The molecule has 0 radical (unpaired) electrons. The maximum absolute atomic E-state index is 12.1. The van der Waals surface area contributed by atoms with Gasteiger partial charge in [0.05, 0.1) is 13.0 Å². The third kappa shape index (κ3) is 7.38. The Morgan fingerprint density at radius 1 is 0.867 bits per heavy atom. The molecule has 0 aromatic heterocycles. The van der Waals surface area contributed by atoms with Gasteiger partial charge in [-0.15, -0.1) is 0 Å². The van der Waals surface area contributed by atoms with Crippen LogP contribution in [-0.2, 0) is 20.8 Å². The third-order valence-electron chi connectivity index (χ3n) is 4.04. The van der Waals surface area contributed by atoms with E-state index in [9.17, 15) is 14.4 Å². The van der Waals surface area contributed by atoms with E-state index in [1.54, 1.807) is 43.3 Å². The van der Waals surface area contributed by atoms with E-state index in [2.05, 4.69) is 21.2 Å². The Bertz CT molecular complexity index is 906. The first-order valence-electron chi connectivity index (χ1n) is 9.67. The molecular weight excluding hydrogens is 384 g/mol. The molecule has 3 amide bonds. The molecule has 0 atom stereocenters. The van der Waals surface area contributed by atoms with Crippen LogP contribution in [0.3, 0.4) is 0 Å². The van der Waals surface area contributed by atoms with Crippen molar-refractivity contribution in [3.63, 3.8) is 0 Å². The van der Waals surface area contributed by atoms with Crippen molar-refractivity contribution < 1.29 is 19.1 Å². The number of hydrogen-bond acceptors (Lipinski definition) is 5. The Morgan fingerprint density at radius 3 is 2.07 bits per heavy atom. The molecule has 2 aromatic rings.